The molecule has 2 N–H and O–H groups in total. The molecule has 1 atom stereocenters. The fraction of sp³-hybridized carbons (Fsp3) is 0.385. The number of anilines is 1. The summed E-state index contributed by atoms with van der Waals surface area (Å²) in [5.41, 5.74) is 0.753. The van der Waals surface area contributed by atoms with Crippen molar-refractivity contribution in [2.45, 2.75) is 19.8 Å². The summed E-state index contributed by atoms with van der Waals surface area (Å²) < 4.78 is 12.9. The van der Waals surface area contributed by atoms with Gasteiger partial charge in [0.15, 0.2) is 0 Å². The molecule has 0 aliphatic carbocycles. The highest BCUT2D eigenvalue weighted by molar-refractivity contribution is 5.67. The van der Waals surface area contributed by atoms with Crippen LogP contribution in [-0.4, -0.2) is 17.6 Å². The summed E-state index contributed by atoms with van der Waals surface area (Å²) in [4.78, 5) is 10.6. The van der Waals surface area contributed by atoms with Crippen molar-refractivity contribution in [3.05, 3.63) is 29.6 Å². The second-order valence-electron chi connectivity index (χ2n) is 4.05. The molecule has 18 heavy (non-hydrogen) atoms. The maximum atomic E-state index is 12.9. The average Bonchev–Trinajstić information content (AvgIpc) is 2.34. The summed E-state index contributed by atoms with van der Waals surface area (Å²) in [7, 11) is 0. The number of nitriles is 1. The predicted octanol–water partition coefficient (Wildman–Crippen LogP) is 2.61. The Bertz CT molecular complexity index is 469. The summed E-state index contributed by atoms with van der Waals surface area (Å²) in [6.45, 7) is 2.36. The molecule has 0 bridgehead atoms. The summed E-state index contributed by atoms with van der Waals surface area (Å²) in [5.74, 6) is -1.32. The Morgan fingerprint density at radius 1 is 1.61 bits per heavy atom. The number of hydrogen-bond donors (Lipinski definition) is 2. The maximum Gasteiger partial charge on any atom is 0.303 e. The van der Waals surface area contributed by atoms with E-state index in [-0.39, 0.29) is 17.9 Å². The highest BCUT2D eigenvalue weighted by Gasteiger charge is 2.12. The SMILES string of the molecule is CCC(CNc1ccc(F)cc1C#N)CC(=O)O. The number of benzene rings is 1. The quantitative estimate of drug-likeness (QED) is 0.814. The molecule has 0 aliphatic heterocycles. The number of carboxylic acid groups (broad SMARTS) is 1. The van der Waals surface area contributed by atoms with E-state index < -0.39 is 11.8 Å². The van der Waals surface area contributed by atoms with Crippen LogP contribution in [0.1, 0.15) is 25.3 Å². The molecule has 0 fully saturated rings. The number of carboxylic acids is 1. The number of aliphatic carboxylic acids is 1. The zero-order valence-corrected chi connectivity index (χ0v) is 10.1. The Morgan fingerprint density at radius 3 is 2.89 bits per heavy atom. The Morgan fingerprint density at radius 2 is 2.33 bits per heavy atom. The lowest BCUT2D eigenvalue weighted by atomic mass is 10.0. The van der Waals surface area contributed by atoms with Crippen LogP contribution in [0.2, 0.25) is 0 Å². The van der Waals surface area contributed by atoms with Gasteiger partial charge in [-0.1, -0.05) is 13.3 Å². The second kappa shape index (κ2) is 6.60. The van der Waals surface area contributed by atoms with Gasteiger partial charge in [0.1, 0.15) is 11.9 Å². The molecular weight excluding hydrogens is 235 g/mol. The van der Waals surface area contributed by atoms with Gasteiger partial charge in [0.05, 0.1) is 11.3 Å². The lowest BCUT2D eigenvalue weighted by Crippen LogP contribution is -2.17. The molecule has 0 saturated heterocycles. The number of halogens is 1. The third-order valence-electron chi connectivity index (χ3n) is 2.72. The van der Waals surface area contributed by atoms with Crippen molar-refractivity contribution >= 4 is 11.7 Å². The van der Waals surface area contributed by atoms with E-state index in [1.807, 2.05) is 13.0 Å². The Kier molecular flexibility index (Phi) is 5.12. The van der Waals surface area contributed by atoms with Crippen LogP contribution >= 0.6 is 0 Å². The van der Waals surface area contributed by atoms with Crippen molar-refractivity contribution in [2.24, 2.45) is 5.92 Å². The first-order chi connectivity index (χ1) is 8.56. The van der Waals surface area contributed by atoms with Crippen molar-refractivity contribution in [3.8, 4) is 6.07 Å². The minimum atomic E-state index is -0.844. The van der Waals surface area contributed by atoms with E-state index in [0.29, 0.717) is 12.2 Å². The number of hydrogen-bond acceptors (Lipinski definition) is 3. The van der Waals surface area contributed by atoms with Gasteiger partial charge in [-0.2, -0.15) is 5.26 Å². The van der Waals surface area contributed by atoms with Gasteiger partial charge in [-0.25, -0.2) is 4.39 Å². The Hall–Kier alpha value is -2.09. The van der Waals surface area contributed by atoms with Crippen LogP contribution in [0.5, 0.6) is 0 Å². The molecule has 0 amide bonds. The standard InChI is InChI=1S/C13H15FN2O2/c1-2-9(5-13(17)18)8-16-12-4-3-11(14)6-10(12)7-15/h3-4,6,9,16H,2,5,8H2,1H3,(H,17,18). The Balaban J connectivity index is 2.68. The Labute approximate surface area is 105 Å². The normalized spacial score (nSPS) is 11.6. The molecule has 0 aromatic heterocycles. The summed E-state index contributed by atoms with van der Waals surface area (Å²) in [6, 6.07) is 5.81. The number of nitrogens with zero attached hydrogens (tertiary/aromatic N) is 1. The summed E-state index contributed by atoms with van der Waals surface area (Å²) in [6.07, 6.45) is 0.801. The van der Waals surface area contributed by atoms with Crippen molar-refractivity contribution in [1.82, 2.24) is 0 Å². The third kappa shape index (κ3) is 4.06. The molecule has 0 radical (unpaired) electrons. The van der Waals surface area contributed by atoms with Gasteiger partial charge in [-0.15, -0.1) is 0 Å². The molecule has 0 saturated carbocycles. The van der Waals surface area contributed by atoms with Crippen molar-refractivity contribution in [1.29, 1.82) is 5.26 Å². The fourth-order valence-electron chi connectivity index (χ4n) is 1.63. The van der Waals surface area contributed by atoms with Crippen LogP contribution < -0.4 is 5.32 Å². The number of nitrogens with one attached hydrogen (secondary N) is 1. The molecule has 1 aromatic carbocycles. The second-order valence-corrected chi connectivity index (χ2v) is 4.05. The van der Waals surface area contributed by atoms with E-state index in [0.717, 1.165) is 12.5 Å². The molecule has 0 aliphatic rings. The average molecular weight is 250 g/mol. The van der Waals surface area contributed by atoms with E-state index in [9.17, 15) is 9.18 Å². The zero-order chi connectivity index (χ0) is 13.5. The molecule has 1 aromatic rings. The highest BCUT2D eigenvalue weighted by Crippen LogP contribution is 2.17. The fourth-order valence-corrected chi connectivity index (χ4v) is 1.63. The van der Waals surface area contributed by atoms with E-state index in [1.54, 1.807) is 0 Å². The van der Waals surface area contributed by atoms with Crippen molar-refractivity contribution in [3.63, 3.8) is 0 Å². The molecule has 1 rings (SSSR count). The number of carbonyl (C=O) groups is 1. The van der Waals surface area contributed by atoms with E-state index >= 15 is 0 Å². The summed E-state index contributed by atoms with van der Waals surface area (Å²) in [5, 5.41) is 20.6. The van der Waals surface area contributed by atoms with Crippen LogP contribution in [0.4, 0.5) is 10.1 Å². The van der Waals surface area contributed by atoms with E-state index in [1.165, 1.54) is 12.1 Å². The predicted molar refractivity (Wildman–Crippen MR) is 65.6 cm³/mol. The van der Waals surface area contributed by atoms with Crippen LogP contribution in [0, 0.1) is 23.1 Å². The molecule has 1 unspecified atom stereocenters. The summed E-state index contributed by atoms with van der Waals surface area (Å²) >= 11 is 0. The molecule has 4 nitrogen and oxygen atoms in total. The molecule has 0 heterocycles. The first-order valence-corrected chi connectivity index (χ1v) is 5.72. The zero-order valence-electron chi connectivity index (χ0n) is 10.1. The van der Waals surface area contributed by atoms with E-state index in [2.05, 4.69) is 5.32 Å². The van der Waals surface area contributed by atoms with E-state index in [4.69, 9.17) is 10.4 Å². The van der Waals surface area contributed by atoms with Crippen LogP contribution in [-0.2, 0) is 4.79 Å². The van der Waals surface area contributed by atoms with Gasteiger partial charge >= 0.3 is 5.97 Å². The van der Waals surface area contributed by atoms with Crippen LogP contribution in [0.25, 0.3) is 0 Å². The number of rotatable bonds is 6. The lowest BCUT2D eigenvalue weighted by molar-refractivity contribution is -0.138. The smallest absolute Gasteiger partial charge is 0.303 e. The molecule has 96 valence electrons. The van der Waals surface area contributed by atoms with Gasteiger partial charge < -0.3 is 10.4 Å². The maximum absolute atomic E-state index is 12.9. The lowest BCUT2D eigenvalue weighted by Gasteiger charge is -2.15. The van der Waals surface area contributed by atoms with Crippen molar-refractivity contribution in [2.75, 3.05) is 11.9 Å². The van der Waals surface area contributed by atoms with Crippen LogP contribution in [0.3, 0.4) is 0 Å². The molecule has 5 heteroatoms. The van der Waals surface area contributed by atoms with Crippen LogP contribution in [0.15, 0.2) is 18.2 Å². The monoisotopic (exact) mass is 250 g/mol. The molecule has 0 spiro atoms. The molecular formula is C13H15FN2O2. The third-order valence-corrected chi connectivity index (χ3v) is 2.72. The van der Waals surface area contributed by atoms with Gasteiger partial charge in [0, 0.05) is 13.0 Å². The first-order valence-electron chi connectivity index (χ1n) is 5.72. The topological polar surface area (TPSA) is 73.1 Å². The van der Waals surface area contributed by atoms with Crippen molar-refractivity contribution < 1.29 is 14.3 Å². The van der Waals surface area contributed by atoms with Gasteiger partial charge in [-0.3, -0.25) is 4.79 Å². The largest absolute Gasteiger partial charge is 0.481 e. The minimum Gasteiger partial charge on any atom is -0.481 e. The van der Waals surface area contributed by atoms with Gasteiger partial charge in [0.2, 0.25) is 0 Å². The van der Waals surface area contributed by atoms with Gasteiger partial charge in [0.25, 0.3) is 0 Å². The highest BCUT2D eigenvalue weighted by atomic mass is 19.1. The minimum absolute atomic E-state index is 0.0147. The first kappa shape index (κ1) is 14.0. The van der Waals surface area contributed by atoms with Gasteiger partial charge in [-0.05, 0) is 24.1 Å².